The van der Waals surface area contributed by atoms with E-state index in [0.717, 1.165) is 31.3 Å². The van der Waals surface area contributed by atoms with E-state index >= 15 is 0 Å². The number of hydrogen-bond donors (Lipinski definition) is 2. The summed E-state index contributed by atoms with van der Waals surface area (Å²) in [6.45, 7) is 0. The largest absolute Gasteiger partial charge is 0.507 e. The Morgan fingerprint density at radius 1 is 1.19 bits per heavy atom. The number of anilines is 1. The van der Waals surface area contributed by atoms with E-state index in [1.165, 1.54) is 0 Å². The molecule has 0 spiro atoms. The second-order valence-corrected chi connectivity index (χ2v) is 7.44. The van der Waals surface area contributed by atoms with Crippen molar-refractivity contribution < 1.29 is 28.6 Å². The minimum absolute atomic E-state index is 0.0535. The molecular formula is C22H17BrFN3O5. The van der Waals surface area contributed by atoms with Crippen LogP contribution >= 0.6 is 15.9 Å². The van der Waals surface area contributed by atoms with Gasteiger partial charge in [0.15, 0.2) is 0 Å². The summed E-state index contributed by atoms with van der Waals surface area (Å²) in [4.78, 5) is 26.6. The van der Waals surface area contributed by atoms with Crippen LogP contribution in [0.15, 0.2) is 69.6 Å². The van der Waals surface area contributed by atoms with Crippen molar-refractivity contribution in [3.8, 4) is 11.8 Å². The first kappa shape index (κ1) is 22.8. The van der Waals surface area contributed by atoms with Crippen LogP contribution in [0.4, 0.5) is 10.1 Å². The minimum Gasteiger partial charge on any atom is -0.507 e. The second-order valence-electron chi connectivity index (χ2n) is 6.59. The normalized spacial score (nSPS) is 16.0. The van der Waals surface area contributed by atoms with Crippen LogP contribution in [0.1, 0.15) is 11.5 Å². The molecule has 1 aliphatic heterocycles. The zero-order chi connectivity index (χ0) is 23.6. The molecule has 0 aliphatic carbocycles. The van der Waals surface area contributed by atoms with Gasteiger partial charge in [-0.2, -0.15) is 5.26 Å². The number of phenolic OH excluding ortho intramolecular Hbond substituents is 1. The number of hydrogen-bond acceptors (Lipinski definition) is 8. The number of ether oxygens (including phenoxy) is 2. The van der Waals surface area contributed by atoms with Crippen LogP contribution in [-0.4, -0.2) is 31.3 Å². The van der Waals surface area contributed by atoms with Crippen molar-refractivity contribution in [3.63, 3.8) is 0 Å². The fraction of sp³-hybridized carbons (Fsp3) is 0.136. The van der Waals surface area contributed by atoms with Crippen LogP contribution in [0.3, 0.4) is 0 Å². The highest BCUT2D eigenvalue weighted by Gasteiger charge is 2.43. The summed E-state index contributed by atoms with van der Waals surface area (Å²) in [6, 6.07) is 12.3. The molecule has 0 amide bonds. The van der Waals surface area contributed by atoms with E-state index in [4.69, 9.17) is 15.2 Å². The van der Waals surface area contributed by atoms with Crippen molar-refractivity contribution in [3.05, 3.63) is 81.0 Å². The molecule has 32 heavy (non-hydrogen) atoms. The van der Waals surface area contributed by atoms with Crippen molar-refractivity contribution in [2.24, 2.45) is 5.73 Å². The molecule has 2 aromatic rings. The maximum Gasteiger partial charge on any atom is 0.355 e. The van der Waals surface area contributed by atoms with Crippen LogP contribution in [-0.2, 0) is 19.1 Å². The SMILES string of the molecule is COC(=O)C1=C(C(=O)OC)N(c2cc(O)c(Br)cc2F)C(N)=C(C#N)C1c1ccccc1. The maximum atomic E-state index is 15.0. The Hall–Kier alpha value is -3.84. The number of methoxy groups -OCH3 is 2. The molecule has 3 N–H and O–H groups in total. The number of phenols is 1. The number of carbonyl (C=O) groups is 2. The molecule has 0 bridgehead atoms. The van der Waals surface area contributed by atoms with Gasteiger partial charge in [-0.05, 0) is 27.6 Å². The molecule has 1 atom stereocenters. The van der Waals surface area contributed by atoms with E-state index in [0.29, 0.717) is 5.56 Å². The molecule has 0 saturated heterocycles. The van der Waals surface area contributed by atoms with Gasteiger partial charge in [-0.1, -0.05) is 30.3 Å². The average molecular weight is 502 g/mol. The third-order valence-electron chi connectivity index (χ3n) is 4.87. The van der Waals surface area contributed by atoms with Crippen LogP contribution in [0.25, 0.3) is 0 Å². The smallest absolute Gasteiger partial charge is 0.355 e. The molecule has 0 fully saturated rings. The second kappa shape index (κ2) is 9.11. The van der Waals surface area contributed by atoms with Crippen molar-refractivity contribution >= 4 is 33.6 Å². The number of nitrogens with zero attached hydrogens (tertiary/aromatic N) is 2. The molecule has 1 heterocycles. The highest BCUT2D eigenvalue weighted by atomic mass is 79.9. The van der Waals surface area contributed by atoms with Crippen molar-refractivity contribution in [1.82, 2.24) is 0 Å². The number of nitrogens with two attached hydrogens (primary N) is 1. The summed E-state index contributed by atoms with van der Waals surface area (Å²) in [5.74, 6) is -4.60. The van der Waals surface area contributed by atoms with Crippen molar-refractivity contribution in [1.29, 1.82) is 5.26 Å². The number of halogens is 2. The predicted molar refractivity (Wildman–Crippen MR) is 115 cm³/mol. The van der Waals surface area contributed by atoms with Gasteiger partial charge < -0.3 is 20.3 Å². The van der Waals surface area contributed by atoms with E-state index in [9.17, 15) is 24.3 Å². The first-order valence-corrected chi connectivity index (χ1v) is 9.89. The lowest BCUT2D eigenvalue weighted by Crippen LogP contribution is -2.41. The third kappa shape index (κ3) is 3.78. The topological polar surface area (TPSA) is 126 Å². The average Bonchev–Trinajstić information content (AvgIpc) is 2.80. The Kier molecular flexibility index (Phi) is 6.50. The summed E-state index contributed by atoms with van der Waals surface area (Å²) in [6.07, 6.45) is 0. The molecule has 2 aromatic carbocycles. The van der Waals surface area contributed by atoms with Crippen molar-refractivity contribution in [2.45, 2.75) is 5.92 Å². The number of allylic oxidation sites excluding steroid dienone is 1. The Labute approximate surface area is 191 Å². The lowest BCUT2D eigenvalue weighted by atomic mass is 9.81. The molecule has 0 radical (unpaired) electrons. The summed E-state index contributed by atoms with van der Waals surface area (Å²) >= 11 is 3.01. The van der Waals surface area contributed by atoms with Gasteiger partial charge >= 0.3 is 11.9 Å². The molecular weight excluding hydrogens is 485 g/mol. The first-order valence-electron chi connectivity index (χ1n) is 9.10. The molecule has 3 rings (SSSR count). The van der Waals surface area contributed by atoms with E-state index in [2.05, 4.69) is 15.9 Å². The Morgan fingerprint density at radius 3 is 2.38 bits per heavy atom. The zero-order valence-corrected chi connectivity index (χ0v) is 18.5. The van der Waals surface area contributed by atoms with E-state index in [1.807, 2.05) is 6.07 Å². The number of esters is 2. The summed E-state index contributed by atoms with van der Waals surface area (Å²) in [5, 5.41) is 20.0. The maximum absolute atomic E-state index is 15.0. The third-order valence-corrected chi connectivity index (χ3v) is 5.50. The van der Waals surface area contributed by atoms with E-state index in [-0.39, 0.29) is 32.9 Å². The number of carbonyl (C=O) groups excluding carboxylic acids is 2. The number of nitriles is 1. The van der Waals surface area contributed by atoms with Gasteiger partial charge in [-0.25, -0.2) is 14.0 Å². The number of rotatable bonds is 4. The summed E-state index contributed by atoms with van der Waals surface area (Å²) in [7, 11) is 2.19. The van der Waals surface area contributed by atoms with Crippen molar-refractivity contribution in [2.75, 3.05) is 19.1 Å². The Balaban J connectivity index is 2.46. The zero-order valence-electron chi connectivity index (χ0n) is 16.9. The number of aromatic hydroxyl groups is 1. The molecule has 0 saturated carbocycles. The van der Waals surface area contributed by atoms with Gasteiger partial charge in [0.2, 0.25) is 0 Å². The van der Waals surface area contributed by atoms with Crippen LogP contribution < -0.4 is 10.6 Å². The van der Waals surface area contributed by atoms with E-state index < -0.39 is 29.4 Å². The molecule has 1 unspecified atom stereocenters. The minimum atomic E-state index is -1.08. The highest BCUT2D eigenvalue weighted by Crippen LogP contribution is 2.44. The van der Waals surface area contributed by atoms with Gasteiger partial charge in [0.1, 0.15) is 23.1 Å². The Bertz CT molecular complexity index is 1200. The lowest BCUT2D eigenvalue weighted by Gasteiger charge is -2.36. The number of benzene rings is 2. The molecule has 0 aromatic heterocycles. The monoisotopic (exact) mass is 501 g/mol. The van der Waals surface area contributed by atoms with Gasteiger partial charge in [0, 0.05) is 6.07 Å². The first-order chi connectivity index (χ1) is 15.3. The molecule has 10 heteroatoms. The highest BCUT2D eigenvalue weighted by molar-refractivity contribution is 9.10. The molecule has 8 nitrogen and oxygen atoms in total. The lowest BCUT2D eigenvalue weighted by molar-refractivity contribution is -0.139. The van der Waals surface area contributed by atoms with Gasteiger partial charge in [0.05, 0.1) is 47.5 Å². The fourth-order valence-corrected chi connectivity index (χ4v) is 3.78. The summed E-state index contributed by atoms with van der Waals surface area (Å²) in [5.41, 5.74) is 5.55. The van der Waals surface area contributed by atoms with Crippen LogP contribution in [0, 0.1) is 17.1 Å². The summed E-state index contributed by atoms with van der Waals surface area (Å²) < 4.78 is 24.8. The predicted octanol–water partition coefficient (Wildman–Crippen LogP) is 3.19. The molecule has 1 aliphatic rings. The Morgan fingerprint density at radius 2 is 1.81 bits per heavy atom. The molecule has 164 valence electrons. The standard InChI is InChI=1S/C22H17BrFN3O5/c1-31-21(29)18-17(11-6-4-3-5-7-11)12(10-25)20(26)27(19(18)22(30)32-2)15-9-16(28)13(23)8-14(15)24/h3-9,17,28H,26H2,1-2H3. The van der Waals surface area contributed by atoms with Gasteiger partial charge in [-0.3, -0.25) is 4.90 Å². The quantitative estimate of drug-likeness (QED) is 0.611. The van der Waals surface area contributed by atoms with Gasteiger partial charge in [0.25, 0.3) is 0 Å². The van der Waals surface area contributed by atoms with Crippen LogP contribution in [0.5, 0.6) is 5.75 Å². The van der Waals surface area contributed by atoms with Crippen LogP contribution in [0.2, 0.25) is 0 Å². The van der Waals surface area contributed by atoms with E-state index in [1.54, 1.807) is 30.3 Å². The fourth-order valence-electron chi connectivity index (χ4n) is 3.46. The van der Waals surface area contributed by atoms with Gasteiger partial charge in [-0.15, -0.1) is 0 Å².